The molecule has 1 aromatic rings. The molecule has 4 heteroatoms. The average molecular weight is 302 g/mol. The van der Waals surface area contributed by atoms with Gasteiger partial charge in [-0.25, -0.2) is 0 Å². The van der Waals surface area contributed by atoms with Gasteiger partial charge in [-0.05, 0) is 50.4 Å². The van der Waals surface area contributed by atoms with Gasteiger partial charge in [0.1, 0.15) is 0 Å². The molecule has 19 heavy (non-hydrogen) atoms. The molecule has 1 aromatic carbocycles. The van der Waals surface area contributed by atoms with Gasteiger partial charge >= 0.3 is 0 Å². The number of ether oxygens (including phenoxy) is 1. The molecule has 0 aliphatic carbocycles. The minimum atomic E-state index is -0.126. The maximum Gasteiger partial charge on any atom is 0.0810 e. The first kappa shape index (κ1) is 15.1. The number of hydrogen-bond acceptors (Lipinski definition) is 2. The highest BCUT2D eigenvalue weighted by Gasteiger charge is 2.38. The first-order chi connectivity index (χ1) is 9.07. The van der Waals surface area contributed by atoms with Gasteiger partial charge < -0.3 is 10.1 Å². The normalized spacial score (nSPS) is 24.6. The molecular weight excluding hydrogens is 281 g/mol. The number of benzene rings is 1. The van der Waals surface area contributed by atoms with Crippen molar-refractivity contribution in [2.45, 2.75) is 44.8 Å². The van der Waals surface area contributed by atoms with E-state index >= 15 is 0 Å². The van der Waals surface area contributed by atoms with E-state index < -0.39 is 0 Å². The van der Waals surface area contributed by atoms with Crippen molar-refractivity contribution in [2.24, 2.45) is 0 Å². The average Bonchev–Trinajstić information content (AvgIpc) is 2.81. The predicted molar refractivity (Wildman–Crippen MR) is 81.2 cm³/mol. The summed E-state index contributed by atoms with van der Waals surface area (Å²) < 4.78 is 5.96. The van der Waals surface area contributed by atoms with Crippen LogP contribution >= 0.6 is 23.2 Å². The standard InChI is InChI=1S/C15H21Cl2NO/c1-3-18-14(15(2)8-5-9-19-15)10-11-12(16)6-4-7-13(11)17/h4,6-7,14,18H,3,5,8-10H2,1-2H3. The van der Waals surface area contributed by atoms with Gasteiger partial charge in [-0.3, -0.25) is 0 Å². The smallest absolute Gasteiger partial charge is 0.0810 e. The molecule has 0 aromatic heterocycles. The van der Waals surface area contributed by atoms with Crippen molar-refractivity contribution in [3.63, 3.8) is 0 Å². The summed E-state index contributed by atoms with van der Waals surface area (Å²) in [4.78, 5) is 0. The summed E-state index contributed by atoms with van der Waals surface area (Å²) in [6.07, 6.45) is 2.99. The largest absolute Gasteiger partial charge is 0.374 e. The van der Waals surface area contributed by atoms with Gasteiger partial charge in [-0.1, -0.05) is 36.2 Å². The number of halogens is 2. The molecule has 2 rings (SSSR count). The quantitative estimate of drug-likeness (QED) is 0.885. The maximum atomic E-state index is 6.27. The first-order valence-electron chi connectivity index (χ1n) is 6.87. The molecule has 1 N–H and O–H groups in total. The van der Waals surface area contributed by atoms with E-state index in [1.54, 1.807) is 0 Å². The van der Waals surface area contributed by atoms with E-state index in [0.717, 1.165) is 48.0 Å². The number of likely N-dealkylation sites (N-methyl/N-ethyl adjacent to an activating group) is 1. The number of nitrogens with one attached hydrogen (secondary N) is 1. The summed E-state index contributed by atoms with van der Waals surface area (Å²) in [7, 11) is 0. The van der Waals surface area contributed by atoms with E-state index in [2.05, 4.69) is 19.2 Å². The first-order valence-corrected chi connectivity index (χ1v) is 7.62. The molecule has 1 aliphatic heterocycles. The summed E-state index contributed by atoms with van der Waals surface area (Å²) in [6.45, 7) is 6.04. The van der Waals surface area contributed by atoms with Gasteiger partial charge in [0.15, 0.2) is 0 Å². The molecule has 106 valence electrons. The third kappa shape index (κ3) is 3.43. The molecule has 0 amide bonds. The maximum absolute atomic E-state index is 6.27. The molecule has 2 atom stereocenters. The Hall–Kier alpha value is -0.280. The molecule has 0 saturated carbocycles. The van der Waals surface area contributed by atoms with Gasteiger partial charge in [-0.2, -0.15) is 0 Å². The van der Waals surface area contributed by atoms with Crippen LogP contribution in [0, 0.1) is 0 Å². The Balaban J connectivity index is 2.21. The Bertz CT molecular complexity index is 410. The van der Waals surface area contributed by atoms with Crippen molar-refractivity contribution in [1.29, 1.82) is 0 Å². The van der Waals surface area contributed by atoms with E-state index in [1.807, 2.05) is 18.2 Å². The van der Waals surface area contributed by atoms with Gasteiger partial charge in [0.25, 0.3) is 0 Å². The molecule has 1 aliphatic rings. The van der Waals surface area contributed by atoms with E-state index in [-0.39, 0.29) is 11.6 Å². The molecule has 0 bridgehead atoms. The molecule has 0 spiro atoms. The highest BCUT2D eigenvalue weighted by molar-refractivity contribution is 6.36. The van der Waals surface area contributed by atoms with Crippen LogP contribution in [0.1, 0.15) is 32.3 Å². The van der Waals surface area contributed by atoms with Crippen LogP contribution in [-0.2, 0) is 11.2 Å². The molecule has 2 unspecified atom stereocenters. The fourth-order valence-corrected chi connectivity index (χ4v) is 3.31. The lowest BCUT2D eigenvalue weighted by Crippen LogP contribution is -2.49. The number of rotatable bonds is 5. The molecule has 1 saturated heterocycles. The molecule has 0 radical (unpaired) electrons. The minimum Gasteiger partial charge on any atom is -0.374 e. The Morgan fingerprint density at radius 2 is 2.05 bits per heavy atom. The van der Waals surface area contributed by atoms with Gasteiger partial charge in [0, 0.05) is 22.7 Å². The second-order valence-electron chi connectivity index (χ2n) is 5.28. The zero-order valence-corrected chi connectivity index (χ0v) is 13.0. The SMILES string of the molecule is CCNC(Cc1c(Cl)cccc1Cl)C1(C)CCCO1. The van der Waals surface area contributed by atoms with Crippen LogP contribution in [0.25, 0.3) is 0 Å². The third-order valence-electron chi connectivity index (χ3n) is 3.91. The van der Waals surface area contributed by atoms with E-state index in [4.69, 9.17) is 27.9 Å². The summed E-state index contributed by atoms with van der Waals surface area (Å²) in [6, 6.07) is 5.90. The van der Waals surface area contributed by atoms with E-state index in [0.29, 0.717) is 0 Å². The Labute approximate surface area is 125 Å². The lowest BCUT2D eigenvalue weighted by Gasteiger charge is -2.34. The topological polar surface area (TPSA) is 21.3 Å². The van der Waals surface area contributed by atoms with Crippen LogP contribution in [0.4, 0.5) is 0 Å². The lowest BCUT2D eigenvalue weighted by molar-refractivity contribution is -0.0110. The second kappa shape index (κ2) is 6.45. The van der Waals surface area contributed by atoms with Crippen molar-refractivity contribution in [2.75, 3.05) is 13.2 Å². The molecule has 1 fully saturated rings. The van der Waals surface area contributed by atoms with Crippen LogP contribution in [0.2, 0.25) is 10.0 Å². The highest BCUT2D eigenvalue weighted by Crippen LogP contribution is 2.33. The molecule has 1 heterocycles. The summed E-state index contributed by atoms with van der Waals surface area (Å²) in [5, 5.41) is 4.99. The van der Waals surface area contributed by atoms with Crippen LogP contribution in [0.5, 0.6) is 0 Å². The monoisotopic (exact) mass is 301 g/mol. The fraction of sp³-hybridized carbons (Fsp3) is 0.600. The minimum absolute atomic E-state index is 0.126. The van der Waals surface area contributed by atoms with E-state index in [1.165, 1.54) is 0 Å². The van der Waals surface area contributed by atoms with Gasteiger partial charge in [0.2, 0.25) is 0 Å². The molecule has 2 nitrogen and oxygen atoms in total. The van der Waals surface area contributed by atoms with Crippen molar-refractivity contribution in [1.82, 2.24) is 5.32 Å². The fourth-order valence-electron chi connectivity index (χ4n) is 2.76. The Morgan fingerprint density at radius 1 is 1.37 bits per heavy atom. The summed E-state index contributed by atoms with van der Waals surface area (Å²) in [5.41, 5.74) is 0.881. The van der Waals surface area contributed by atoms with Crippen LogP contribution in [-0.4, -0.2) is 24.8 Å². The van der Waals surface area contributed by atoms with Crippen LogP contribution in [0.3, 0.4) is 0 Å². The van der Waals surface area contributed by atoms with Crippen molar-refractivity contribution in [3.05, 3.63) is 33.8 Å². The third-order valence-corrected chi connectivity index (χ3v) is 4.62. The zero-order chi connectivity index (χ0) is 13.9. The van der Waals surface area contributed by atoms with E-state index in [9.17, 15) is 0 Å². The molecular formula is C15H21Cl2NO. The van der Waals surface area contributed by atoms with Gasteiger partial charge in [-0.15, -0.1) is 0 Å². The van der Waals surface area contributed by atoms with Crippen molar-refractivity contribution in [3.8, 4) is 0 Å². The summed E-state index contributed by atoms with van der Waals surface area (Å²) >= 11 is 12.5. The van der Waals surface area contributed by atoms with Crippen molar-refractivity contribution >= 4 is 23.2 Å². The van der Waals surface area contributed by atoms with Gasteiger partial charge in [0.05, 0.1) is 5.60 Å². The van der Waals surface area contributed by atoms with Crippen LogP contribution < -0.4 is 5.32 Å². The highest BCUT2D eigenvalue weighted by atomic mass is 35.5. The number of hydrogen-bond donors (Lipinski definition) is 1. The second-order valence-corrected chi connectivity index (χ2v) is 6.09. The van der Waals surface area contributed by atoms with Crippen molar-refractivity contribution < 1.29 is 4.74 Å². The lowest BCUT2D eigenvalue weighted by atomic mass is 9.88. The summed E-state index contributed by atoms with van der Waals surface area (Å²) in [5.74, 6) is 0. The Morgan fingerprint density at radius 3 is 2.58 bits per heavy atom. The Kier molecular flexibility index (Phi) is 5.13. The van der Waals surface area contributed by atoms with Crippen LogP contribution in [0.15, 0.2) is 18.2 Å². The zero-order valence-electron chi connectivity index (χ0n) is 11.5. The predicted octanol–water partition coefficient (Wildman–Crippen LogP) is 4.08.